The first kappa shape index (κ1) is 16.9. The molecule has 1 amide bonds. The van der Waals surface area contributed by atoms with Gasteiger partial charge >= 0.3 is 0 Å². The summed E-state index contributed by atoms with van der Waals surface area (Å²) in [7, 11) is 0. The lowest BCUT2D eigenvalue weighted by Crippen LogP contribution is -2.35. The molecule has 5 heteroatoms. The van der Waals surface area contributed by atoms with Gasteiger partial charge in [0, 0.05) is 18.2 Å². The first-order valence-corrected chi connectivity index (χ1v) is 6.86. The molecule has 0 aromatic heterocycles. The summed E-state index contributed by atoms with van der Waals surface area (Å²) in [5.41, 5.74) is 6.85. The average molecular weight is 301 g/mol. The third-order valence-corrected chi connectivity index (χ3v) is 3.81. The maximum absolute atomic E-state index is 13.4. The fourth-order valence-corrected chi connectivity index (χ4v) is 2.59. The van der Waals surface area contributed by atoms with Crippen LogP contribution >= 0.6 is 12.4 Å². The molecule has 0 aliphatic heterocycles. The zero-order valence-electron chi connectivity index (χ0n) is 11.7. The van der Waals surface area contributed by atoms with Crippen LogP contribution in [0.5, 0.6) is 0 Å². The minimum Gasteiger partial charge on any atom is -0.352 e. The Morgan fingerprint density at radius 3 is 2.85 bits per heavy atom. The predicted octanol–water partition coefficient (Wildman–Crippen LogP) is 2.80. The van der Waals surface area contributed by atoms with Gasteiger partial charge in [-0.2, -0.15) is 0 Å². The molecule has 1 aromatic rings. The second-order valence-corrected chi connectivity index (χ2v) is 5.47. The molecule has 0 bridgehead atoms. The molecule has 1 fully saturated rings. The number of nitrogens with one attached hydrogen (secondary N) is 1. The number of aryl methyl sites for hydroxylation is 1. The van der Waals surface area contributed by atoms with E-state index in [1.807, 2.05) is 0 Å². The van der Waals surface area contributed by atoms with E-state index in [4.69, 9.17) is 5.73 Å². The Bertz CT molecular complexity index is 467. The van der Waals surface area contributed by atoms with Crippen molar-refractivity contribution < 1.29 is 9.18 Å². The quantitative estimate of drug-likeness (QED) is 0.902. The van der Waals surface area contributed by atoms with Gasteiger partial charge in [-0.25, -0.2) is 4.39 Å². The number of carbonyl (C=O) groups is 1. The van der Waals surface area contributed by atoms with Gasteiger partial charge in [-0.05, 0) is 49.8 Å². The van der Waals surface area contributed by atoms with E-state index in [2.05, 4.69) is 5.32 Å². The monoisotopic (exact) mass is 300 g/mol. The molecule has 1 saturated carbocycles. The third kappa shape index (κ3) is 4.46. The number of hydrogen-bond donors (Lipinski definition) is 2. The summed E-state index contributed by atoms with van der Waals surface area (Å²) < 4.78 is 13.4. The summed E-state index contributed by atoms with van der Waals surface area (Å²) in [6.07, 6.45) is 4.27. The first-order chi connectivity index (χ1) is 9.06. The van der Waals surface area contributed by atoms with E-state index in [0.29, 0.717) is 23.6 Å². The lowest BCUT2D eigenvalue weighted by atomic mass is 9.86. The molecule has 0 radical (unpaired) electrons. The Balaban J connectivity index is 0.00000200. The van der Waals surface area contributed by atoms with Crippen LogP contribution in [0.4, 0.5) is 4.39 Å². The second kappa shape index (κ2) is 7.60. The molecule has 0 heterocycles. The maximum Gasteiger partial charge on any atom is 0.251 e. The molecule has 0 spiro atoms. The zero-order valence-corrected chi connectivity index (χ0v) is 12.5. The van der Waals surface area contributed by atoms with Crippen LogP contribution in [-0.2, 0) is 0 Å². The minimum atomic E-state index is -0.340. The topological polar surface area (TPSA) is 55.1 Å². The average Bonchev–Trinajstić information content (AvgIpc) is 2.39. The molecule has 3 nitrogen and oxygen atoms in total. The molecule has 112 valence electrons. The van der Waals surface area contributed by atoms with Crippen molar-refractivity contribution in [1.82, 2.24) is 5.32 Å². The molecule has 20 heavy (non-hydrogen) atoms. The fourth-order valence-electron chi connectivity index (χ4n) is 2.59. The summed E-state index contributed by atoms with van der Waals surface area (Å²) >= 11 is 0. The minimum absolute atomic E-state index is 0. The lowest BCUT2D eigenvalue weighted by Gasteiger charge is -2.26. The fraction of sp³-hybridized carbons (Fsp3) is 0.533. The third-order valence-electron chi connectivity index (χ3n) is 3.81. The zero-order chi connectivity index (χ0) is 13.8. The Hall–Kier alpha value is -1.13. The van der Waals surface area contributed by atoms with Gasteiger partial charge in [0.2, 0.25) is 0 Å². The van der Waals surface area contributed by atoms with Gasteiger partial charge in [0.05, 0.1) is 0 Å². The van der Waals surface area contributed by atoms with E-state index in [-0.39, 0.29) is 30.2 Å². The van der Waals surface area contributed by atoms with E-state index in [9.17, 15) is 9.18 Å². The number of benzene rings is 1. The van der Waals surface area contributed by atoms with E-state index in [1.165, 1.54) is 6.07 Å². The van der Waals surface area contributed by atoms with Crippen LogP contribution < -0.4 is 11.1 Å². The highest BCUT2D eigenvalue weighted by molar-refractivity contribution is 5.94. The van der Waals surface area contributed by atoms with Gasteiger partial charge in [0.25, 0.3) is 5.91 Å². The van der Waals surface area contributed by atoms with E-state index in [1.54, 1.807) is 19.1 Å². The number of halogens is 2. The SMILES string of the molecule is Cc1ccc(C(=O)NCC2CCCC(N)C2)cc1F.Cl. The first-order valence-electron chi connectivity index (χ1n) is 6.86. The maximum atomic E-state index is 13.4. The highest BCUT2D eigenvalue weighted by Crippen LogP contribution is 2.22. The molecular formula is C15H22ClFN2O. The highest BCUT2D eigenvalue weighted by atomic mass is 35.5. The Morgan fingerprint density at radius 2 is 2.20 bits per heavy atom. The van der Waals surface area contributed by atoms with Crippen molar-refractivity contribution >= 4 is 18.3 Å². The van der Waals surface area contributed by atoms with Crippen molar-refractivity contribution in [3.8, 4) is 0 Å². The van der Waals surface area contributed by atoms with Crippen LogP contribution in [0.3, 0.4) is 0 Å². The Kier molecular flexibility index (Phi) is 6.43. The van der Waals surface area contributed by atoms with Crippen LogP contribution in [0, 0.1) is 18.7 Å². The van der Waals surface area contributed by atoms with Crippen molar-refractivity contribution in [2.24, 2.45) is 11.7 Å². The van der Waals surface area contributed by atoms with Crippen molar-refractivity contribution in [1.29, 1.82) is 0 Å². The van der Waals surface area contributed by atoms with Crippen LogP contribution in [0.2, 0.25) is 0 Å². The van der Waals surface area contributed by atoms with Gasteiger partial charge in [-0.3, -0.25) is 4.79 Å². The van der Waals surface area contributed by atoms with E-state index >= 15 is 0 Å². The van der Waals surface area contributed by atoms with Gasteiger partial charge in [-0.1, -0.05) is 12.5 Å². The molecule has 0 saturated heterocycles. The molecule has 1 aliphatic rings. The molecule has 2 rings (SSSR count). The summed E-state index contributed by atoms with van der Waals surface area (Å²) in [5, 5.41) is 2.87. The smallest absolute Gasteiger partial charge is 0.251 e. The lowest BCUT2D eigenvalue weighted by molar-refractivity contribution is 0.0942. The summed E-state index contributed by atoms with van der Waals surface area (Å²) in [6.45, 7) is 2.31. The highest BCUT2D eigenvalue weighted by Gasteiger charge is 2.19. The van der Waals surface area contributed by atoms with Crippen molar-refractivity contribution in [2.45, 2.75) is 38.6 Å². The van der Waals surface area contributed by atoms with Crippen molar-refractivity contribution in [3.05, 3.63) is 35.1 Å². The van der Waals surface area contributed by atoms with Crippen LogP contribution in [0.25, 0.3) is 0 Å². The summed E-state index contributed by atoms with van der Waals surface area (Å²) in [5.74, 6) is -0.103. The van der Waals surface area contributed by atoms with Crippen LogP contribution in [-0.4, -0.2) is 18.5 Å². The molecular weight excluding hydrogens is 279 g/mol. The molecule has 2 atom stereocenters. The van der Waals surface area contributed by atoms with E-state index < -0.39 is 0 Å². The van der Waals surface area contributed by atoms with Gasteiger partial charge in [-0.15, -0.1) is 12.4 Å². The van der Waals surface area contributed by atoms with Crippen molar-refractivity contribution in [3.63, 3.8) is 0 Å². The second-order valence-electron chi connectivity index (χ2n) is 5.47. The Morgan fingerprint density at radius 1 is 1.45 bits per heavy atom. The number of carbonyl (C=O) groups excluding carboxylic acids is 1. The standard InChI is InChI=1S/C15H21FN2O.ClH/c1-10-5-6-12(8-14(10)16)15(19)18-9-11-3-2-4-13(17)7-11;/h5-6,8,11,13H,2-4,7,9,17H2,1H3,(H,18,19);1H. The largest absolute Gasteiger partial charge is 0.352 e. The molecule has 2 unspecified atom stereocenters. The van der Waals surface area contributed by atoms with Crippen LogP contribution in [0.15, 0.2) is 18.2 Å². The van der Waals surface area contributed by atoms with Crippen molar-refractivity contribution in [2.75, 3.05) is 6.54 Å². The number of nitrogens with two attached hydrogens (primary N) is 1. The Labute approximate surface area is 125 Å². The van der Waals surface area contributed by atoms with Gasteiger partial charge < -0.3 is 11.1 Å². The number of hydrogen-bond acceptors (Lipinski definition) is 2. The molecule has 3 N–H and O–H groups in total. The van der Waals surface area contributed by atoms with Gasteiger partial charge in [0.1, 0.15) is 5.82 Å². The van der Waals surface area contributed by atoms with E-state index in [0.717, 1.165) is 25.7 Å². The predicted molar refractivity (Wildman–Crippen MR) is 80.7 cm³/mol. The molecule has 1 aromatic carbocycles. The van der Waals surface area contributed by atoms with Gasteiger partial charge in [0.15, 0.2) is 0 Å². The molecule has 1 aliphatic carbocycles. The summed E-state index contributed by atoms with van der Waals surface area (Å²) in [6, 6.07) is 4.82. The van der Waals surface area contributed by atoms with Crippen LogP contribution in [0.1, 0.15) is 41.6 Å². The number of rotatable bonds is 3. The number of amides is 1. The normalized spacial score (nSPS) is 21.9. The summed E-state index contributed by atoms with van der Waals surface area (Å²) in [4.78, 5) is 11.9.